The highest BCUT2D eigenvalue weighted by Crippen LogP contribution is 1.90. The monoisotopic (exact) mass is 231 g/mol. The lowest BCUT2D eigenvalue weighted by molar-refractivity contribution is -0.125. The summed E-state index contributed by atoms with van der Waals surface area (Å²) in [6.45, 7) is 5.57. The predicted octanol–water partition coefficient (Wildman–Crippen LogP) is -1.15. The van der Waals surface area contributed by atoms with E-state index < -0.39 is 0 Å². The first-order chi connectivity index (χ1) is 7.56. The fraction of sp³-hybridized carbons (Fsp3) is 0.800. The first kappa shape index (κ1) is 14.9. The van der Waals surface area contributed by atoms with Crippen LogP contribution in [0.15, 0.2) is 0 Å². The van der Waals surface area contributed by atoms with Crippen LogP contribution in [-0.4, -0.2) is 44.7 Å². The van der Waals surface area contributed by atoms with Gasteiger partial charge < -0.3 is 21.1 Å². The van der Waals surface area contributed by atoms with Crippen molar-refractivity contribution in [3.8, 4) is 0 Å². The van der Waals surface area contributed by atoms with Crippen LogP contribution in [0.4, 0.5) is 0 Å². The predicted molar refractivity (Wildman–Crippen MR) is 60.7 cm³/mol. The molecule has 6 nitrogen and oxygen atoms in total. The van der Waals surface area contributed by atoms with E-state index in [1.165, 1.54) is 0 Å². The van der Waals surface area contributed by atoms with Crippen molar-refractivity contribution in [1.29, 1.82) is 0 Å². The molecule has 0 aliphatic rings. The number of amides is 2. The van der Waals surface area contributed by atoms with Crippen molar-refractivity contribution < 1.29 is 14.3 Å². The summed E-state index contributed by atoms with van der Waals surface area (Å²) in [5.74, 6) is -0.0966. The molecule has 0 heterocycles. The van der Waals surface area contributed by atoms with Crippen molar-refractivity contribution >= 4 is 11.8 Å². The van der Waals surface area contributed by atoms with Crippen molar-refractivity contribution in [2.45, 2.75) is 13.8 Å². The molecule has 94 valence electrons. The molecule has 0 unspecified atom stereocenters. The van der Waals surface area contributed by atoms with Crippen molar-refractivity contribution in [3.05, 3.63) is 0 Å². The zero-order valence-electron chi connectivity index (χ0n) is 9.91. The number of carbonyl (C=O) groups is 2. The molecule has 0 aromatic carbocycles. The van der Waals surface area contributed by atoms with Gasteiger partial charge in [0, 0.05) is 13.2 Å². The van der Waals surface area contributed by atoms with Gasteiger partial charge in [-0.15, -0.1) is 0 Å². The number of carbonyl (C=O) groups excluding carboxylic acids is 2. The Morgan fingerprint density at radius 2 is 1.94 bits per heavy atom. The van der Waals surface area contributed by atoms with Gasteiger partial charge in [-0.05, 0) is 5.92 Å². The number of ether oxygens (including phenoxy) is 1. The van der Waals surface area contributed by atoms with Crippen LogP contribution < -0.4 is 16.4 Å². The molecule has 0 spiro atoms. The smallest absolute Gasteiger partial charge is 0.239 e. The Balaban J connectivity index is 3.34. The Labute approximate surface area is 95.9 Å². The Morgan fingerprint density at radius 1 is 1.25 bits per heavy atom. The molecule has 0 bridgehead atoms. The summed E-state index contributed by atoms with van der Waals surface area (Å²) in [4.78, 5) is 21.9. The molecule has 0 radical (unpaired) electrons. The van der Waals surface area contributed by atoms with Crippen LogP contribution >= 0.6 is 0 Å². The van der Waals surface area contributed by atoms with Gasteiger partial charge in [-0.2, -0.15) is 0 Å². The van der Waals surface area contributed by atoms with Crippen LogP contribution in [0.3, 0.4) is 0 Å². The third-order valence-electron chi connectivity index (χ3n) is 1.65. The minimum atomic E-state index is -0.341. The van der Waals surface area contributed by atoms with E-state index in [9.17, 15) is 9.59 Å². The highest BCUT2D eigenvalue weighted by atomic mass is 16.5. The molecule has 0 saturated heterocycles. The lowest BCUT2D eigenvalue weighted by Crippen LogP contribution is -2.40. The number of hydrogen-bond donors (Lipinski definition) is 3. The summed E-state index contributed by atoms with van der Waals surface area (Å²) in [7, 11) is 0. The highest BCUT2D eigenvalue weighted by molar-refractivity contribution is 5.85. The molecule has 6 heteroatoms. The van der Waals surface area contributed by atoms with E-state index in [1.54, 1.807) is 0 Å². The largest absolute Gasteiger partial charge is 0.379 e. The van der Waals surface area contributed by atoms with Crippen molar-refractivity contribution in [2.75, 3.05) is 32.8 Å². The van der Waals surface area contributed by atoms with Gasteiger partial charge in [-0.1, -0.05) is 13.8 Å². The van der Waals surface area contributed by atoms with E-state index in [-0.39, 0.29) is 24.9 Å². The average Bonchev–Trinajstić information content (AvgIpc) is 2.24. The van der Waals surface area contributed by atoms with E-state index in [0.717, 1.165) is 0 Å². The van der Waals surface area contributed by atoms with Crippen molar-refractivity contribution in [1.82, 2.24) is 10.6 Å². The SMILES string of the molecule is CC(C)COCCNC(=O)CNC(=O)CN. The maximum atomic E-state index is 11.1. The number of nitrogens with one attached hydrogen (secondary N) is 2. The van der Waals surface area contributed by atoms with Crippen molar-refractivity contribution in [2.24, 2.45) is 11.7 Å². The summed E-state index contributed by atoms with van der Waals surface area (Å²) in [5.41, 5.74) is 5.06. The zero-order valence-corrected chi connectivity index (χ0v) is 9.91. The van der Waals surface area contributed by atoms with Crippen LogP contribution in [0.1, 0.15) is 13.8 Å². The second kappa shape index (κ2) is 9.11. The Morgan fingerprint density at radius 3 is 2.50 bits per heavy atom. The molecule has 0 aromatic heterocycles. The Kier molecular flexibility index (Phi) is 8.46. The lowest BCUT2D eigenvalue weighted by atomic mass is 10.2. The second-order valence-corrected chi connectivity index (χ2v) is 3.80. The minimum absolute atomic E-state index is 0.0415. The van der Waals surface area contributed by atoms with Gasteiger partial charge in [0.1, 0.15) is 0 Å². The standard InChI is InChI=1S/C10H21N3O3/c1-8(2)7-16-4-3-12-10(15)6-13-9(14)5-11/h8H,3-7,11H2,1-2H3,(H,12,15)(H,13,14). The van der Waals surface area contributed by atoms with E-state index in [4.69, 9.17) is 10.5 Å². The fourth-order valence-electron chi connectivity index (χ4n) is 0.895. The quantitative estimate of drug-likeness (QED) is 0.460. The van der Waals surface area contributed by atoms with Crippen LogP contribution in [0.25, 0.3) is 0 Å². The zero-order chi connectivity index (χ0) is 12.4. The lowest BCUT2D eigenvalue weighted by Gasteiger charge is -2.08. The van der Waals surface area contributed by atoms with Crippen LogP contribution in [0, 0.1) is 5.92 Å². The van der Waals surface area contributed by atoms with E-state index in [0.29, 0.717) is 25.7 Å². The Hall–Kier alpha value is -1.14. The molecule has 0 aliphatic carbocycles. The number of hydrogen-bond acceptors (Lipinski definition) is 4. The Bertz CT molecular complexity index is 219. The molecule has 0 fully saturated rings. The van der Waals surface area contributed by atoms with Gasteiger partial charge in [-0.3, -0.25) is 9.59 Å². The van der Waals surface area contributed by atoms with Crippen molar-refractivity contribution in [3.63, 3.8) is 0 Å². The third-order valence-corrected chi connectivity index (χ3v) is 1.65. The number of rotatable bonds is 8. The fourth-order valence-corrected chi connectivity index (χ4v) is 0.895. The highest BCUT2D eigenvalue weighted by Gasteiger charge is 2.02. The number of nitrogens with two attached hydrogens (primary N) is 1. The summed E-state index contributed by atoms with van der Waals surface area (Å²) >= 11 is 0. The van der Waals surface area contributed by atoms with Crippen LogP contribution in [0.2, 0.25) is 0 Å². The second-order valence-electron chi connectivity index (χ2n) is 3.80. The van der Waals surface area contributed by atoms with E-state index >= 15 is 0 Å². The van der Waals surface area contributed by atoms with Gasteiger partial charge in [0.25, 0.3) is 0 Å². The minimum Gasteiger partial charge on any atom is -0.379 e. The van der Waals surface area contributed by atoms with E-state index in [1.807, 2.05) is 0 Å². The molecular formula is C10H21N3O3. The summed E-state index contributed by atoms with van der Waals surface area (Å²) in [6.07, 6.45) is 0. The topological polar surface area (TPSA) is 93.5 Å². The molecule has 4 N–H and O–H groups in total. The molecule has 2 amide bonds. The first-order valence-corrected chi connectivity index (χ1v) is 5.37. The first-order valence-electron chi connectivity index (χ1n) is 5.37. The van der Waals surface area contributed by atoms with Gasteiger partial charge in [0.15, 0.2) is 0 Å². The van der Waals surface area contributed by atoms with Crippen LogP contribution in [-0.2, 0) is 14.3 Å². The normalized spacial score (nSPS) is 10.2. The molecule has 0 rings (SSSR count). The van der Waals surface area contributed by atoms with Crippen LogP contribution in [0.5, 0.6) is 0 Å². The third kappa shape index (κ3) is 9.42. The molecule has 16 heavy (non-hydrogen) atoms. The maximum Gasteiger partial charge on any atom is 0.239 e. The molecule has 0 saturated carbocycles. The van der Waals surface area contributed by atoms with Gasteiger partial charge in [0.05, 0.1) is 19.7 Å². The molecule has 0 aliphatic heterocycles. The summed E-state index contributed by atoms with van der Waals surface area (Å²) in [5, 5.41) is 4.99. The summed E-state index contributed by atoms with van der Waals surface area (Å²) < 4.78 is 5.27. The maximum absolute atomic E-state index is 11.1. The van der Waals surface area contributed by atoms with Gasteiger partial charge in [-0.25, -0.2) is 0 Å². The molecule has 0 atom stereocenters. The molecule has 0 aromatic rings. The van der Waals surface area contributed by atoms with Gasteiger partial charge in [0.2, 0.25) is 11.8 Å². The summed E-state index contributed by atoms with van der Waals surface area (Å²) in [6, 6.07) is 0. The average molecular weight is 231 g/mol. The van der Waals surface area contributed by atoms with Gasteiger partial charge >= 0.3 is 0 Å². The van der Waals surface area contributed by atoms with E-state index in [2.05, 4.69) is 24.5 Å². The molecular weight excluding hydrogens is 210 g/mol.